The van der Waals surface area contributed by atoms with Crippen molar-refractivity contribution in [1.82, 2.24) is 20.5 Å². The molecule has 2 N–H and O–H groups in total. The molecule has 0 saturated heterocycles. The number of carbonyl (C=O) groups is 3. The largest absolute Gasteiger partial charge is 0.489 e. The van der Waals surface area contributed by atoms with Crippen LogP contribution in [0.1, 0.15) is 38.8 Å². The Balaban J connectivity index is 1.31. The summed E-state index contributed by atoms with van der Waals surface area (Å²) in [5.41, 5.74) is 5.21. The van der Waals surface area contributed by atoms with Crippen LogP contribution in [0.15, 0.2) is 78.9 Å². The molecule has 4 aromatic rings. The molecule has 8 nitrogen and oxygen atoms in total. The van der Waals surface area contributed by atoms with Crippen LogP contribution in [0, 0.1) is 6.92 Å². The van der Waals surface area contributed by atoms with Crippen molar-refractivity contribution in [3.63, 3.8) is 0 Å². The van der Waals surface area contributed by atoms with Gasteiger partial charge in [-0.3, -0.25) is 19.9 Å². The fraction of sp³-hybridized carbons (Fsp3) is 0.172. The van der Waals surface area contributed by atoms with Crippen molar-refractivity contribution in [3.05, 3.63) is 107 Å². The van der Waals surface area contributed by atoms with Gasteiger partial charge < -0.3 is 15.0 Å². The summed E-state index contributed by atoms with van der Waals surface area (Å²) in [4.78, 5) is 42.2. The van der Waals surface area contributed by atoms with Gasteiger partial charge in [0.15, 0.2) is 0 Å². The molecule has 1 aromatic heterocycles. The molecule has 0 fully saturated rings. The molecular weight excluding hydrogens is 468 g/mol. The smallest absolute Gasteiger partial charge is 0.321 e. The summed E-state index contributed by atoms with van der Waals surface area (Å²) in [6, 6.07) is 23.7. The SMILES string of the molecule is Cc1cc(COc2ccc3c(c2)CN(C[C@H](NC(=O)NC=O)c2ccccc2)C3=O)c2ccccc2n1. The number of aryl methyl sites for hydroxylation is 1. The number of nitrogens with zero attached hydrogens (tertiary/aromatic N) is 2. The predicted molar refractivity (Wildman–Crippen MR) is 139 cm³/mol. The van der Waals surface area contributed by atoms with E-state index in [2.05, 4.69) is 15.6 Å². The number of ether oxygens (including phenoxy) is 1. The number of amides is 4. The zero-order valence-electron chi connectivity index (χ0n) is 20.3. The Morgan fingerprint density at radius 1 is 1.08 bits per heavy atom. The molecule has 37 heavy (non-hydrogen) atoms. The first kappa shape index (κ1) is 24.0. The summed E-state index contributed by atoms with van der Waals surface area (Å²) in [5.74, 6) is 0.561. The molecule has 5 rings (SSSR count). The molecule has 1 aliphatic heterocycles. The van der Waals surface area contributed by atoms with E-state index in [0.29, 0.717) is 30.9 Å². The Kier molecular flexibility index (Phi) is 6.81. The fourth-order valence-electron chi connectivity index (χ4n) is 4.66. The highest BCUT2D eigenvalue weighted by Crippen LogP contribution is 2.29. The molecule has 0 unspecified atom stereocenters. The lowest BCUT2D eigenvalue weighted by atomic mass is 10.1. The lowest BCUT2D eigenvalue weighted by molar-refractivity contribution is -0.108. The van der Waals surface area contributed by atoms with Crippen molar-refractivity contribution in [2.45, 2.75) is 26.1 Å². The first-order valence-corrected chi connectivity index (χ1v) is 12.0. The van der Waals surface area contributed by atoms with Gasteiger partial charge in [0.25, 0.3) is 5.91 Å². The third kappa shape index (κ3) is 5.28. The maximum Gasteiger partial charge on any atom is 0.321 e. The number of nitrogens with one attached hydrogen (secondary N) is 2. The van der Waals surface area contributed by atoms with Crippen LogP contribution < -0.4 is 15.4 Å². The van der Waals surface area contributed by atoms with E-state index < -0.39 is 12.1 Å². The lowest BCUT2D eigenvalue weighted by Gasteiger charge is -2.25. The van der Waals surface area contributed by atoms with Crippen LogP contribution in [-0.4, -0.2) is 34.8 Å². The Morgan fingerprint density at radius 3 is 2.68 bits per heavy atom. The fourth-order valence-corrected chi connectivity index (χ4v) is 4.66. The summed E-state index contributed by atoms with van der Waals surface area (Å²) < 4.78 is 6.12. The topological polar surface area (TPSA) is 101 Å². The van der Waals surface area contributed by atoms with Crippen LogP contribution in [-0.2, 0) is 17.9 Å². The molecule has 3 aromatic carbocycles. The standard InChI is InChI=1S/C29H26N4O4/c1-19-13-22(24-9-5-6-10-26(24)31-19)17-37-23-11-12-25-21(14-23)15-33(28(25)35)16-27(32-29(36)30-18-34)20-7-3-2-4-8-20/h2-14,18,27H,15-17H2,1H3,(H2,30,32,34,36)/t27-/m0/s1. The minimum atomic E-state index is -0.623. The van der Waals surface area contributed by atoms with E-state index in [1.165, 1.54) is 0 Å². The molecule has 0 saturated carbocycles. The molecule has 2 heterocycles. The zero-order chi connectivity index (χ0) is 25.8. The number of rotatable bonds is 8. The van der Waals surface area contributed by atoms with E-state index in [-0.39, 0.29) is 12.5 Å². The third-order valence-corrected chi connectivity index (χ3v) is 6.38. The second-order valence-corrected chi connectivity index (χ2v) is 8.93. The molecule has 186 valence electrons. The number of urea groups is 1. The normalized spacial score (nSPS) is 13.2. The summed E-state index contributed by atoms with van der Waals surface area (Å²) in [6.45, 7) is 2.99. The number of carbonyl (C=O) groups excluding carboxylic acids is 3. The highest BCUT2D eigenvalue weighted by molar-refractivity contribution is 5.98. The van der Waals surface area contributed by atoms with Crippen LogP contribution in [0.25, 0.3) is 10.9 Å². The number of aromatic nitrogens is 1. The number of fused-ring (bicyclic) bond motifs is 2. The summed E-state index contributed by atoms with van der Waals surface area (Å²) >= 11 is 0. The van der Waals surface area contributed by atoms with Gasteiger partial charge in [0, 0.05) is 35.3 Å². The molecule has 1 aliphatic rings. The number of para-hydroxylation sites is 1. The molecular formula is C29H26N4O4. The second-order valence-electron chi connectivity index (χ2n) is 8.93. The molecule has 1 atom stereocenters. The summed E-state index contributed by atoms with van der Waals surface area (Å²) in [6.07, 6.45) is 0.325. The molecule has 0 radical (unpaired) electrons. The number of hydrogen-bond donors (Lipinski definition) is 2. The van der Waals surface area contributed by atoms with E-state index in [0.717, 1.165) is 33.3 Å². The van der Waals surface area contributed by atoms with Crippen molar-refractivity contribution in [1.29, 1.82) is 0 Å². The van der Waals surface area contributed by atoms with Gasteiger partial charge in [-0.15, -0.1) is 0 Å². The average Bonchev–Trinajstić information content (AvgIpc) is 3.21. The van der Waals surface area contributed by atoms with E-state index in [4.69, 9.17) is 4.74 Å². The van der Waals surface area contributed by atoms with Crippen molar-refractivity contribution in [2.24, 2.45) is 0 Å². The Labute approximate surface area is 214 Å². The maximum absolute atomic E-state index is 13.1. The summed E-state index contributed by atoms with van der Waals surface area (Å²) in [7, 11) is 0. The van der Waals surface area contributed by atoms with Crippen LogP contribution >= 0.6 is 0 Å². The monoisotopic (exact) mass is 494 g/mol. The van der Waals surface area contributed by atoms with Gasteiger partial charge in [0.05, 0.1) is 11.6 Å². The number of imide groups is 1. The minimum absolute atomic E-state index is 0.115. The molecule has 0 bridgehead atoms. The zero-order valence-corrected chi connectivity index (χ0v) is 20.3. The van der Waals surface area contributed by atoms with Crippen LogP contribution in [0.4, 0.5) is 4.79 Å². The van der Waals surface area contributed by atoms with Gasteiger partial charge in [-0.25, -0.2) is 4.79 Å². The predicted octanol–water partition coefficient (Wildman–Crippen LogP) is 4.27. The summed E-state index contributed by atoms with van der Waals surface area (Å²) in [5, 5.41) is 5.92. The second kappa shape index (κ2) is 10.5. The van der Waals surface area contributed by atoms with E-state index in [1.54, 1.807) is 17.0 Å². The highest BCUT2D eigenvalue weighted by atomic mass is 16.5. The van der Waals surface area contributed by atoms with Crippen molar-refractivity contribution < 1.29 is 19.1 Å². The Hall–Kier alpha value is -4.72. The van der Waals surface area contributed by atoms with Gasteiger partial charge in [-0.05, 0) is 48.4 Å². The first-order chi connectivity index (χ1) is 18.0. The van der Waals surface area contributed by atoms with Gasteiger partial charge in [-0.1, -0.05) is 48.5 Å². The minimum Gasteiger partial charge on any atom is -0.489 e. The third-order valence-electron chi connectivity index (χ3n) is 6.38. The Bertz CT molecular complexity index is 1470. The van der Waals surface area contributed by atoms with Crippen molar-refractivity contribution >= 4 is 29.3 Å². The van der Waals surface area contributed by atoms with Gasteiger partial charge in [-0.2, -0.15) is 0 Å². The highest BCUT2D eigenvalue weighted by Gasteiger charge is 2.30. The van der Waals surface area contributed by atoms with E-state index >= 15 is 0 Å². The van der Waals surface area contributed by atoms with Crippen molar-refractivity contribution in [2.75, 3.05) is 6.54 Å². The molecule has 0 spiro atoms. The van der Waals surface area contributed by atoms with E-state index in [1.807, 2.05) is 73.7 Å². The first-order valence-electron chi connectivity index (χ1n) is 12.0. The van der Waals surface area contributed by atoms with Gasteiger partial charge in [0.1, 0.15) is 12.4 Å². The molecule has 8 heteroatoms. The van der Waals surface area contributed by atoms with Gasteiger partial charge in [0.2, 0.25) is 6.41 Å². The molecule has 0 aliphatic carbocycles. The average molecular weight is 495 g/mol. The van der Waals surface area contributed by atoms with Crippen LogP contribution in [0.5, 0.6) is 5.75 Å². The van der Waals surface area contributed by atoms with E-state index in [9.17, 15) is 14.4 Å². The Morgan fingerprint density at radius 2 is 1.86 bits per heavy atom. The van der Waals surface area contributed by atoms with Gasteiger partial charge >= 0.3 is 6.03 Å². The molecule has 4 amide bonds. The maximum atomic E-state index is 13.1. The number of hydrogen-bond acceptors (Lipinski definition) is 5. The lowest BCUT2D eigenvalue weighted by Crippen LogP contribution is -2.42. The number of benzene rings is 3. The quantitative estimate of drug-likeness (QED) is 0.356. The van der Waals surface area contributed by atoms with Crippen LogP contribution in [0.3, 0.4) is 0 Å². The number of pyridine rings is 1. The van der Waals surface area contributed by atoms with Crippen LogP contribution in [0.2, 0.25) is 0 Å². The van der Waals surface area contributed by atoms with Crippen molar-refractivity contribution in [3.8, 4) is 5.75 Å².